The van der Waals surface area contributed by atoms with Gasteiger partial charge in [-0.2, -0.15) is 9.61 Å². The topological polar surface area (TPSA) is 55.1 Å². The Morgan fingerprint density at radius 3 is 3.18 bits per heavy atom. The SMILES string of the molecule is CNCc1nnc2cc3c(nn12)CC[C@H](C)C3. The zero-order valence-electron chi connectivity index (χ0n) is 10.3. The molecule has 17 heavy (non-hydrogen) atoms. The van der Waals surface area contributed by atoms with Gasteiger partial charge in [-0.15, -0.1) is 10.2 Å². The zero-order chi connectivity index (χ0) is 11.8. The second-order valence-electron chi connectivity index (χ2n) is 4.88. The average Bonchev–Trinajstić information content (AvgIpc) is 2.70. The van der Waals surface area contributed by atoms with Crippen molar-refractivity contribution < 1.29 is 0 Å². The molecule has 0 aromatic carbocycles. The molecule has 1 N–H and O–H groups in total. The number of aryl methyl sites for hydroxylation is 1. The summed E-state index contributed by atoms with van der Waals surface area (Å²) in [4.78, 5) is 0. The van der Waals surface area contributed by atoms with Crippen LogP contribution in [0.25, 0.3) is 5.65 Å². The molecule has 0 fully saturated rings. The summed E-state index contributed by atoms with van der Waals surface area (Å²) in [7, 11) is 1.90. The summed E-state index contributed by atoms with van der Waals surface area (Å²) in [6.07, 6.45) is 3.42. The highest BCUT2D eigenvalue weighted by atomic mass is 15.4. The first kappa shape index (κ1) is 10.7. The van der Waals surface area contributed by atoms with Crippen molar-refractivity contribution in [3.63, 3.8) is 0 Å². The van der Waals surface area contributed by atoms with Gasteiger partial charge in [0.2, 0.25) is 0 Å². The second kappa shape index (κ2) is 4.07. The van der Waals surface area contributed by atoms with E-state index in [9.17, 15) is 0 Å². The highest BCUT2D eigenvalue weighted by Crippen LogP contribution is 2.24. The van der Waals surface area contributed by atoms with Crippen LogP contribution in [0.15, 0.2) is 6.07 Å². The lowest BCUT2D eigenvalue weighted by molar-refractivity contribution is 0.488. The van der Waals surface area contributed by atoms with Gasteiger partial charge in [0, 0.05) is 0 Å². The molecule has 0 radical (unpaired) electrons. The van der Waals surface area contributed by atoms with E-state index < -0.39 is 0 Å². The fourth-order valence-electron chi connectivity index (χ4n) is 2.47. The van der Waals surface area contributed by atoms with E-state index in [0.29, 0.717) is 6.54 Å². The number of hydrogen-bond acceptors (Lipinski definition) is 4. The molecule has 0 aliphatic heterocycles. The van der Waals surface area contributed by atoms with Crippen LogP contribution in [-0.4, -0.2) is 26.9 Å². The summed E-state index contributed by atoms with van der Waals surface area (Å²) in [5, 5.41) is 16.1. The Hall–Kier alpha value is -1.49. The van der Waals surface area contributed by atoms with Gasteiger partial charge in [0.1, 0.15) is 0 Å². The molecule has 2 aromatic rings. The van der Waals surface area contributed by atoms with Crippen LogP contribution in [0.4, 0.5) is 0 Å². The minimum atomic E-state index is 0.698. The maximum absolute atomic E-state index is 4.68. The smallest absolute Gasteiger partial charge is 0.178 e. The number of rotatable bonds is 2. The number of aromatic nitrogens is 4. The highest BCUT2D eigenvalue weighted by molar-refractivity contribution is 5.42. The Balaban J connectivity index is 2.10. The maximum Gasteiger partial charge on any atom is 0.178 e. The van der Waals surface area contributed by atoms with E-state index in [4.69, 9.17) is 0 Å². The van der Waals surface area contributed by atoms with Crippen LogP contribution < -0.4 is 5.32 Å². The Morgan fingerprint density at radius 1 is 1.47 bits per heavy atom. The summed E-state index contributed by atoms with van der Waals surface area (Å²) in [6, 6.07) is 2.14. The maximum atomic E-state index is 4.68. The summed E-state index contributed by atoms with van der Waals surface area (Å²) in [6.45, 7) is 2.99. The van der Waals surface area contributed by atoms with Crippen molar-refractivity contribution in [1.29, 1.82) is 0 Å². The third-order valence-corrected chi connectivity index (χ3v) is 3.40. The van der Waals surface area contributed by atoms with Crippen molar-refractivity contribution in [3.8, 4) is 0 Å². The largest absolute Gasteiger partial charge is 0.313 e. The summed E-state index contributed by atoms with van der Waals surface area (Å²) < 4.78 is 1.87. The number of fused-ring (bicyclic) bond motifs is 2. The van der Waals surface area contributed by atoms with Crippen molar-refractivity contribution in [1.82, 2.24) is 25.1 Å². The molecule has 2 aromatic heterocycles. The zero-order valence-corrected chi connectivity index (χ0v) is 10.3. The van der Waals surface area contributed by atoms with Crippen LogP contribution in [0, 0.1) is 5.92 Å². The molecule has 5 heteroatoms. The molecule has 1 aliphatic rings. The van der Waals surface area contributed by atoms with Crippen molar-refractivity contribution in [2.75, 3.05) is 7.05 Å². The van der Waals surface area contributed by atoms with E-state index in [2.05, 4.69) is 33.6 Å². The van der Waals surface area contributed by atoms with Gasteiger partial charge < -0.3 is 5.32 Å². The predicted octanol–water partition coefficient (Wildman–Crippen LogP) is 0.968. The van der Waals surface area contributed by atoms with Gasteiger partial charge in [0.15, 0.2) is 11.5 Å². The Morgan fingerprint density at radius 2 is 2.35 bits per heavy atom. The lowest BCUT2D eigenvalue weighted by Crippen LogP contribution is -2.16. The number of hydrogen-bond donors (Lipinski definition) is 1. The molecule has 1 atom stereocenters. The van der Waals surface area contributed by atoms with Crippen molar-refractivity contribution in [3.05, 3.63) is 23.1 Å². The first-order chi connectivity index (χ1) is 8.28. The quantitative estimate of drug-likeness (QED) is 0.836. The van der Waals surface area contributed by atoms with Gasteiger partial charge in [-0.1, -0.05) is 6.92 Å². The first-order valence-electron chi connectivity index (χ1n) is 6.15. The lowest BCUT2D eigenvalue weighted by Gasteiger charge is -2.20. The molecular formula is C12H17N5. The third kappa shape index (κ3) is 1.80. The van der Waals surface area contributed by atoms with E-state index in [1.807, 2.05) is 11.6 Å². The van der Waals surface area contributed by atoms with Gasteiger partial charge in [-0.25, -0.2) is 0 Å². The fourth-order valence-corrected chi connectivity index (χ4v) is 2.47. The van der Waals surface area contributed by atoms with E-state index in [-0.39, 0.29) is 0 Å². The molecule has 2 heterocycles. The molecule has 0 saturated carbocycles. The van der Waals surface area contributed by atoms with Crippen LogP contribution in [0.2, 0.25) is 0 Å². The first-order valence-corrected chi connectivity index (χ1v) is 6.15. The molecule has 1 aliphatic carbocycles. The standard InChI is InChI=1S/C12H17N5/c1-8-3-4-10-9(5-8)6-11-14-15-12(7-13-2)17(11)16-10/h6,8,13H,3-5,7H2,1-2H3/t8-/m0/s1. The van der Waals surface area contributed by atoms with Gasteiger partial charge in [0.05, 0.1) is 12.2 Å². The van der Waals surface area contributed by atoms with Crippen LogP contribution in [0.5, 0.6) is 0 Å². The predicted molar refractivity (Wildman–Crippen MR) is 64.7 cm³/mol. The van der Waals surface area contributed by atoms with E-state index in [1.165, 1.54) is 17.7 Å². The van der Waals surface area contributed by atoms with E-state index >= 15 is 0 Å². The number of nitrogens with zero attached hydrogens (tertiary/aromatic N) is 4. The normalized spacial score (nSPS) is 19.5. The van der Waals surface area contributed by atoms with Gasteiger partial charge in [-0.05, 0) is 43.9 Å². The molecule has 5 nitrogen and oxygen atoms in total. The molecule has 90 valence electrons. The van der Waals surface area contributed by atoms with Crippen LogP contribution in [-0.2, 0) is 19.4 Å². The van der Waals surface area contributed by atoms with Crippen LogP contribution in [0.3, 0.4) is 0 Å². The van der Waals surface area contributed by atoms with Crippen molar-refractivity contribution in [2.45, 2.75) is 32.7 Å². The molecule has 0 saturated heterocycles. The van der Waals surface area contributed by atoms with Gasteiger partial charge in [-0.3, -0.25) is 0 Å². The third-order valence-electron chi connectivity index (χ3n) is 3.40. The molecular weight excluding hydrogens is 214 g/mol. The van der Waals surface area contributed by atoms with Gasteiger partial charge >= 0.3 is 0 Å². The minimum Gasteiger partial charge on any atom is -0.313 e. The van der Waals surface area contributed by atoms with Crippen LogP contribution in [0.1, 0.15) is 30.4 Å². The minimum absolute atomic E-state index is 0.698. The second-order valence-corrected chi connectivity index (χ2v) is 4.88. The average molecular weight is 231 g/mol. The Bertz CT molecular complexity index is 545. The monoisotopic (exact) mass is 231 g/mol. The Labute approximate surface area is 100 Å². The summed E-state index contributed by atoms with van der Waals surface area (Å²) in [5.41, 5.74) is 3.43. The highest BCUT2D eigenvalue weighted by Gasteiger charge is 2.18. The molecule has 0 bridgehead atoms. The molecule has 3 rings (SSSR count). The molecule has 0 spiro atoms. The van der Waals surface area contributed by atoms with Crippen molar-refractivity contribution >= 4 is 5.65 Å². The van der Waals surface area contributed by atoms with Crippen molar-refractivity contribution in [2.24, 2.45) is 5.92 Å². The molecule has 0 unspecified atom stereocenters. The summed E-state index contributed by atoms with van der Waals surface area (Å²) in [5.74, 6) is 1.63. The summed E-state index contributed by atoms with van der Waals surface area (Å²) >= 11 is 0. The Kier molecular flexibility index (Phi) is 2.55. The van der Waals surface area contributed by atoms with Crippen LogP contribution >= 0.6 is 0 Å². The van der Waals surface area contributed by atoms with E-state index in [0.717, 1.165) is 30.2 Å². The van der Waals surface area contributed by atoms with E-state index in [1.54, 1.807) is 0 Å². The number of nitrogens with one attached hydrogen (secondary N) is 1. The molecule has 0 amide bonds. The fraction of sp³-hybridized carbons (Fsp3) is 0.583. The van der Waals surface area contributed by atoms with Gasteiger partial charge in [0.25, 0.3) is 0 Å². The lowest BCUT2D eigenvalue weighted by atomic mass is 9.88.